The monoisotopic (exact) mass is 183 g/mol. The largest absolute Gasteiger partial charge is 0.476 e. The van der Waals surface area contributed by atoms with Crippen LogP contribution in [-0.4, -0.2) is 17.0 Å². The summed E-state index contributed by atoms with van der Waals surface area (Å²) in [5, 5.41) is 10.5. The van der Waals surface area contributed by atoms with Crippen molar-refractivity contribution in [1.82, 2.24) is 4.98 Å². The summed E-state index contributed by atoms with van der Waals surface area (Å²) in [7, 11) is 1.31. The van der Waals surface area contributed by atoms with Gasteiger partial charge in [-0.2, -0.15) is 4.98 Å². The Morgan fingerprint density at radius 1 is 1.69 bits per heavy atom. The summed E-state index contributed by atoms with van der Waals surface area (Å²) < 4.78 is 4.71. The van der Waals surface area contributed by atoms with E-state index in [0.29, 0.717) is 5.56 Å². The van der Waals surface area contributed by atoms with Gasteiger partial charge in [0, 0.05) is 6.07 Å². The van der Waals surface area contributed by atoms with E-state index in [1.165, 1.54) is 13.2 Å². The maximum atomic E-state index is 10.5. The second-order valence-corrected chi connectivity index (χ2v) is 2.48. The lowest BCUT2D eigenvalue weighted by molar-refractivity contribution is -0.386. The highest BCUT2D eigenvalue weighted by atomic mass is 16.6. The molecule has 1 rings (SSSR count). The highest BCUT2D eigenvalue weighted by molar-refractivity contribution is 5.52. The molecule has 0 unspecified atom stereocenters. The highest BCUT2D eigenvalue weighted by Crippen LogP contribution is 2.27. The minimum Gasteiger partial charge on any atom is -0.476 e. The molecule has 0 aliphatic heterocycles. The second kappa shape index (κ2) is 3.26. The fourth-order valence-corrected chi connectivity index (χ4v) is 0.877. The van der Waals surface area contributed by atoms with Gasteiger partial charge in [-0.3, -0.25) is 10.1 Å². The average molecular weight is 183 g/mol. The first-order chi connectivity index (χ1) is 6.06. The van der Waals surface area contributed by atoms with Gasteiger partial charge in [-0.15, -0.1) is 0 Å². The van der Waals surface area contributed by atoms with E-state index in [1.807, 2.05) is 0 Å². The summed E-state index contributed by atoms with van der Waals surface area (Å²) >= 11 is 0. The van der Waals surface area contributed by atoms with Crippen molar-refractivity contribution in [3.05, 3.63) is 21.7 Å². The molecule has 1 aromatic heterocycles. The van der Waals surface area contributed by atoms with Crippen LogP contribution in [0.15, 0.2) is 6.07 Å². The normalized spacial score (nSPS) is 9.69. The first kappa shape index (κ1) is 9.24. The Morgan fingerprint density at radius 2 is 2.31 bits per heavy atom. The number of aryl methyl sites for hydroxylation is 1. The van der Waals surface area contributed by atoms with E-state index >= 15 is 0 Å². The fraction of sp³-hybridized carbons (Fsp3) is 0.286. The number of anilines is 1. The van der Waals surface area contributed by atoms with Crippen LogP contribution in [0.5, 0.6) is 5.88 Å². The lowest BCUT2D eigenvalue weighted by Crippen LogP contribution is -2.01. The molecule has 0 saturated heterocycles. The van der Waals surface area contributed by atoms with Gasteiger partial charge in [0.1, 0.15) is 5.82 Å². The molecule has 1 heterocycles. The van der Waals surface area contributed by atoms with Crippen LogP contribution >= 0.6 is 0 Å². The van der Waals surface area contributed by atoms with E-state index in [2.05, 4.69) is 4.98 Å². The van der Waals surface area contributed by atoms with E-state index in [0.717, 1.165) is 0 Å². The Bertz CT molecular complexity index is 351. The summed E-state index contributed by atoms with van der Waals surface area (Å²) in [6, 6.07) is 1.33. The van der Waals surface area contributed by atoms with Crippen molar-refractivity contribution in [3.8, 4) is 5.88 Å². The summed E-state index contributed by atoms with van der Waals surface area (Å²) in [5.41, 5.74) is 5.84. The molecule has 6 heteroatoms. The summed E-state index contributed by atoms with van der Waals surface area (Å²) in [5.74, 6) is 0.176. The van der Waals surface area contributed by atoms with E-state index in [-0.39, 0.29) is 17.4 Å². The highest BCUT2D eigenvalue weighted by Gasteiger charge is 2.17. The molecule has 0 bridgehead atoms. The van der Waals surface area contributed by atoms with Crippen molar-refractivity contribution in [3.63, 3.8) is 0 Å². The fourth-order valence-electron chi connectivity index (χ4n) is 0.877. The third-order valence-electron chi connectivity index (χ3n) is 1.59. The minimum atomic E-state index is -0.557. The second-order valence-electron chi connectivity index (χ2n) is 2.48. The van der Waals surface area contributed by atoms with E-state index in [4.69, 9.17) is 10.5 Å². The molecule has 0 aliphatic carbocycles. The number of methoxy groups -OCH3 is 1. The molecule has 2 N–H and O–H groups in total. The molecule has 1 aromatic rings. The molecule has 13 heavy (non-hydrogen) atoms. The lowest BCUT2D eigenvalue weighted by atomic mass is 10.2. The van der Waals surface area contributed by atoms with Gasteiger partial charge in [0.25, 0.3) is 5.88 Å². The molecule has 70 valence electrons. The number of pyridine rings is 1. The number of nitro groups is 1. The third kappa shape index (κ3) is 1.66. The van der Waals surface area contributed by atoms with Gasteiger partial charge in [-0.25, -0.2) is 0 Å². The maximum absolute atomic E-state index is 10.5. The number of aromatic nitrogens is 1. The number of hydrogen-bond donors (Lipinski definition) is 1. The van der Waals surface area contributed by atoms with Gasteiger partial charge in [-0.05, 0) is 12.5 Å². The average Bonchev–Trinajstić information content (AvgIpc) is 2.08. The molecule has 6 nitrogen and oxygen atoms in total. The van der Waals surface area contributed by atoms with Gasteiger partial charge in [0.05, 0.1) is 12.0 Å². The number of nitrogens with two attached hydrogens (primary N) is 1. The molecule has 0 saturated carbocycles. The first-order valence-electron chi connectivity index (χ1n) is 3.51. The predicted octanol–water partition coefficient (Wildman–Crippen LogP) is 0.889. The Kier molecular flexibility index (Phi) is 2.32. The van der Waals surface area contributed by atoms with E-state index in [9.17, 15) is 10.1 Å². The van der Waals surface area contributed by atoms with E-state index in [1.54, 1.807) is 6.92 Å². The standard InChI is InChI=1S/C7H9N3O3/c1-4-3-5(10(11)12)7(13-2)9-6(4)8/h3H,1-2H3,(H2,8,9). The van der Waals surface area contributed by atoms with Gasteiger partial charge in [-0.1, -0.05) is 0 Å². The molecular weight excluding hydrogens is 174 g/mol. The zero-order chi connectivity index (χ0) is 10.0. The molecule has 0 aromatic carbocycles. The number of hydrogen-bond acceptors (Lipinski definition) is 5. The molecule has 0 radical (unpaired) electrons. The zero-order valence-corrected chi connectivity index (χ0v) is 7.27. The van der Waals surface area contributed by atoms with Crippen LogP contribution in [0.3, 0.4) is 0 Å². The topological polar surface area (TPSA) is 91.3 Å². The molecular formula is C7H9N3O3. The molecule has 0 amide bonds. The van der Waals surface area contributed by atoms with Crippen LogP contribution in [0.25, 0.3) is 0 Å². The maximum Gasteiger partial charge on any atom is 0.331 e. The Labute approximate surface area is 74.5 Å². The van der Waals surface area contributed by atoms with E-state index < -0.39 is 4.92 Å². The van der Waals surface area contributed by atoms with Crippen molar-refractivity contribution in [2.75, 3.05) is 12.8 Å². The van der Waals surface area contributed by atoms with Crippen LogP contribution in [0.1, 0.15) is 5.56 Å². The number of ether oxygens (including phenoxy) is 1. The van der Waals surface area contributed by atoms with Crippen molar-refractivity contribution in [2.24, 2.45) is 0 Å². The Balaban J connectivity index is 3.33. The molecule has 0 spiro atoms. The van der Waals surface area contributed by atoms with Gasteiger partial charge in [0.15, 0.2) is 0 Å². The molecule has 0 fully saturated rings. The summed E-state index contributed by atoms with van der Waals surface area (Å²) in [6.45, 7) is 1.65. The van der Waals surface area contributed by atoms with Crippen LogP contribution in [0.4, 0.5) is 11.5 Å². The SMILES string of the molecule is COc1nc(N)c(C)cc1[N+](=O)[O-]. The van der Waals surface area contributed by atoms with Gasteiger partial charge >= 0.3 is 5.69 Å². The van der Waals surface area contributed by atoms with Gasteiger partial charge in [0.2, 0.25) is 0 Å². The number of nitrogens with zero attached hydrogens (tertiary/aromatic N) is 2. The van der Waals surface area contributed by atoms with Crippen molar-refractivity contribution < 1.29 is 9.66 Å². The summed E-state index contributed by atoms with van der Waals surface area (Å²) in [4.78, 5) is 13.7. The molecule has 0 atom stereocenters. The third-order valence-corrected chi connectivity index (χ3v) is 1.59. The first-order valence-corrected chi connectivity index (χ1v) is 3.51. The Hall–Kier alpha value is -1.85. The van der Waals surface area contributed by atoms with Gasteiger partial charge < -0.3 is 10.5 Å². The van der Waals surface area contributed by atoms with Crippen LogP contribution in [-0.2, 0) is 0 Å². The quantitative estimate of drug-likeness (QED) is 0.543. The smallest absolute Gasteiger partial charge is 0.331 e. The van der Waals surface area contributed by atoms with Crippen LogP contribution < -0.4 is 10.5 Å². The minimum absolute atomic E-state index is 0.0619. The number of nitrogen functional groups attached to an aromatic ring is 1. The zero-order valence-electron chi connectivity index (χ0n) is 7.27. The summed E-state index contributed by atoms with van der Waals surface area (Å²) in [6.07, 6.45) is 0. The van der Waals surface area contributed by atoms with Crippen molar-refractivity contribution >= 4 is 11.5 Å². The predicted molar refractivity (Wildman–Crippen MR) is 46.6 cm³/mol. The van der Waals surface area contributed by atoms with Crippen molar-refractivity contribution in [1.29, 1.82) is 0 Å². The Morgan fingerprint density at radius 3 is 2.77 bits per heavy atom. The lowest BCUT2D eigenvalue weighted by Gasteiger charge is -2.03. The van der Waals surface area contributed by atoms with Crippen LogP contribution in [0, 0.1) is 17.0 Å². The van der Waals surface area contributed by atoms with Crippen LogP contribution in [0.2, 0.25) is 0 Å². The molecule has 0 aliphatic rings. The van der Waals surface area contributed by atoms with Crippen molar-refractivity contribution in [2.45, 2.75) is 6.92 Å². The number of rotatable bonds is 2.